The molecule has 0 aromatic heterocycles. The minimum atomic E-state index is -0.484. The van der Waals surface area contributed by atoms with Gasteiger partial charge < -0.3 is 10.4 Å². The first kappa shape index (κ1) is 14.0. The Morgan fingerprint density at radius 2 is 1.83 bits per heavy atom. The van der Waals surface area contributed by atoms with Gasteiger partial charge in [0.1, 0.15) is 0 Å². The lowest BCUT2D eigenvalue weighted by Crippen LogP contribution is -2.42. The second-order valence-corrected chi connectivity index (χ2v) is 6.35. The molecule has 1 atom stereocenters. The summed E-state index contributed by atoms with van der Waals surface area (Å²) in [6, 6.07) is 8.63. The van der Waals surface area contributed by atoms with Crippen molar-refractivity contribution in [3.8, 4) is 0 Å². The van der Waals surface area contributed by atoms with Crippen LogP contribution in [0.3, 0.4) is 0 Å². The summed E-state index contributed by atoms with van der Waals surface area (Å²) in [5.74, 6) is 0. The first-order chi connectivity index (χ1) is 8.59. The molecule has 0 unspecified atom stereocenters. The molecule has 0 radical (unpaired) electrons. The van der Waals surface area contributed by atoms with E-state index >= 15 is 0 Å². The van der Waals surface area contributed by atoms with Crippen molar-refractivity contribution in [1.29, 1.82) is 0 Å². The van der Waals surface area contributed by atoms with E-state index in [2.05, 4.69) is 52.4 Å². The van der Waals surface area contributed by atoms with E-state index in [1.165, 1.54) is 12.0 Å². The largest absolute Gasteiger partial charge is 0.389 e. The SMILES string of the molecule is C[C@@H](NCC1(O)CCCCC1)c1ccc(Br)cc1. The van der Waals surface area contributed by atoms with Gasteiger partial charge in [0.2, 0.25) is 0 Å². The van der Waals surface area contributed by atoms with Crippen LogP contribution >= 0.6 is 15.9 Å². The zero-order chi connectivity index (χ0) is 13.0. The van der Waals surface area contributed by atoms with Gasteiger partial charge in [-0.25, -0.2) is 0 Å². The van der Waals surface area contributed by atoms with Gasteiger partial charge in [0, 0.05) is 17.1 Å². The molecule has 1 saturated carbocycles. The Morgan fingerprint density at radius 3 is 2.44 bits per heavy atom. The van der Waals surface area contributed by atoms with Crippen LogP contribution in [0.5, 0.6) is 0 Å². The maximum atomic E-state index is 10.4. The van der Waals surface area contributed by atoms with Crippen LogP contribution in [-0.4, -0.2) is 17.3 Å². The van der Waals surface area contributed by atoms with Gasteiger partial charge >= 0.3 is 0 Å². The average Bonchev–Trinajstić information content (AvgIpc) is 2.38. The van der Waals surface area contributed by atoms with E-state index in [1.54, 1.807) is 0 Å². The number of hydrogen-bond acceptors (Lipinski definition) is 2. The summed E-state index contributed by atoms with van der Waals surface area (Å²) in [5, 5.41) is 13.9. The fraction of sp³-hybridized carbons (Fsp3) is 0.600. The van der Waals surface area contributed by atoms with Crippen molar-refractivity contribution in [1.82, 2.24) is 5.32 Å². The molecule has 0 bridgehead atoms. The minimum Gasteiger partial charge on any atom is -0.389 e. The molecule has 2 N–H and O–H groups in total. The highest BCUT2D eigenvalue weighted by atomic mass is 79.9. The van der Waals surface area contributed by atoms with Crippen molar-refractivity contribution in [3.05, 3.63) is 34.3 Å². The molecule has 1 aliphatic rings. The second-order valence-electron chi connectivity index (χ2n) is 5.44. The standard InChI is InChI=1S/C15H22BrNO/c1-12(13-5-7-14(16)8-6-13)17-11-15(18)9-3-2-4-10-15/h5-8,12,17-18H,2-4,9-11H2,1H3/t12-/m1/s1. The molecular weight excluding hydrogens is 290 g/mol. The van der Waals surface area contributed by atoms with Gasteiger partial charge in [-0.15, -0.1) is 0 Å². The lowest BCUT2D eigenvalue weighted by Gasteiger charge is -2.33. The van der Waals surface area contributed by atoms with E-state index in [4.69, 9.17) is 0 Å². The molecule has 0 aliphatic heterocycles. The Bertz CT molecular complexity index is 371. The Balaban J connectivity index is 1.87. The van der Waals surface area contributed by atoms with Crippen molar-refractivity contribution in [2.24, 2.45) is 0 Å². The topological polar surface area (TPSA) is 32.3 Å². The highest BCUT2D eigenvalue weighted by Crippen LogP contribution is 2.28. The zero-order valence-corrected chi connectivity index (χ0v) is 12.5. The van der Waals surface area contributed by atoms with Gasteiger partial charge in [0.05, 0.1) is 5.60 Å². The highest BCUT2D eigenvalue weighted by Gasteiger charge is 2.29. The third-order valence-electron chi connectivity index (χ3n) is 3.89. The van der Waals surface area contributed by atoms with E-state index in [1.807, 2.05) is 0 Å². The molecule has 0 amide bonds. The van der Waals surface area contributed by atoms with Gasteiger partial charge in [0.15, 0.2) is 0 Å². The quantitative estimate of drug-likeness (QED) is 0.886. The van der Waals surface area contributed by atoms with E-state index in [0.29, 0.717) is 6.54 Å². The van der Waals surface area contributed by atoms with Gasteiger partial charge in [0.25, 0.3) is 0 Å². The molecule has 1 fully saturated rings. The molecule has 2 nitrogen and oxygen atoms in total. The summed E-state index contributed by atoms with van der Waals surface area (Å²) in [6.45, 7) is 2.85. The monoisotopic (exact) mass is 311 g/mol. The Kier molecular flexibility index (Phi) is 4.82. The molecule has 0 heterocycles. The van der Waals surface area contributed by atoms with Crippen LogP contribution in [0.25, 0.3) is 0 Å². The summed E-state index contributed by atoms with van der Waals surface area (Å²) < 4.78 is 1.10. The van der Waals surface area contributed by atoms with Gasteiger partial charge in [-0.2, -0.15) is 0 Å². The third kappa shape index (κ3) is 3.81. The predicted octanol–water partition coefficient (Wildman–Crippen LogP) is 3.79. The smallest absolute Gasteiger partial charge is 0.0771 e. The fourth-order valence-electron chi connectivity index (χ4n) is 2.60. The molecular formula is C15H22BrNO. The molecule has 18 heavy (non-hydrogen) atoms. The molecule has 100 valence electrons. The Labute approximate surface area is 118 Å². The summed E-state index contributed by atoms with van der Waals surface area (Å²) in [6.07, 6.45) is 5.46. The predicted molar refractivity (Wildman–Crippen MR) is 78.6 cm³/mol. The van der Waals surface area contributed by atoms with Crippen molar-refractivity contribution < 1.29 is 5.11 Å². The summed E-state index contributed by atoms with van der Waals surface area (Å²) in [5.41, 5.74) is 0.777. The number of hydrogen-bond donors (Lipinski definition) is 2. The van der Waals surface area contributed by atoms with Gasteiger partial charge in [-0.05, 0) is 37.5 Å². The molecule has 3 heteroatoms. The number of halogens is 1. The number of benzene rings is 1. The molecule has 2 rings (SSSR count). The molecule has 0 saturated heterocycles. The van der Waals surface area contributed by atoms with E-state index in [0.717, 1.165) is 30.2 Å². The first-order valence-electron chi connectivity index (χ1n) is 6.80. The van der Waals surface area contributed by atoms with E-state index in [9.17, 15) is 5.11 Å². The number of aliphatic hydroxyl groups is 1. The summed E-state index contributed by atoms with van der Waals surface area (Å²) in [4.78, 5) is 0. The maximum Gasteiger partial charge on any atom is 0.0771 e. The second kappa shape index (κ2) is 6.18. The summed E-state index contributed by atoms with van der Waals surface area (Å²) in [7, 11) is 0. The van der Waals surface area contributed by atoms with Crippen LogP contribution in [0.1, 0.15) is 50.6 Å². The van der Waals surface area contributed by atoms with Gasteiger partial charge in [-0.1, -0.05) is 47.3 Å². The first-order valence-corrected chi connectivity index (χ1v) is 7.60. The van der Waals surface area contributed by atoms with Crippen molar-refractivity contribution in [2.45, 2.75) is 50.7 Å². The number of rotatable bonds is 4. The van der Waals surface area contributed by atoms with E-state index < -0.39 is 5.60 Å². The normalized spacial score (nSPS) is 20.6. The van der Waals surface area contributed by atoms with Gasteiger partial charge in [-0.3, -0.25) is 0 Å². The molecule has 1 aromatic carbocycles. The Morgan fingerprint density at radius 1 is 1.22 bits per heavy atom. The fourth-order valence-corrected chi connectivity index (χ4v) is 2.86. The van der Waals surface area contributed by atoms with E-state index in [-0.39, 0.29) is 6.04 Å². The van der Waals surface area contributed by atoms with Crippen molar-refractivity contribution >= 4 is 15.9 Å². The van der Waals surface area contributed by atoms with Crippen molar-refractivity contribution in [2.75, 3.05) is 6.54 Å². The molecule has 0 spiro atoms. The lowest BCUT2D eigenvalue weighted by molar-refractivity contribution is 0.00300. The summed E-state index contributed by atoms with van der Waals surface area (Å²) >= 11 is 3.44. The number of nitrogens with one attached hydrogen (secondary N) is 1. The molecule has 1 aliphatic carbocycles. The minimum absolute atomic E-state index is 0.282. The lowest BCUT2D eigenvalue weighted by atomic mass is 9.84. The zero-order valence-electron chi connectivity index (χ0n) is 11.0. The van der Waals surface area contributed by atoms with Crippen LogP contribution in [0.15, 0.2) is 28.7 Å². The van der Waals surface area contributed by atoms with Crippen LogP contribution in [0, 0.1) is 0 Å². The van der Waals surface area contributed by atoms with Crippen LogP contribution < -0.4 is 5.32 Å². The van der Waals surface area contributed by atoms with Crippen LogP contribution in [-0.2, 0) is 0 Å². The highest BCUT2D eigenvalue weighted by molar-refractivity contribution is 9.10. The Hall–Kier alpha value is -0.380. The van der Waals surface area contributed by atoms with Crippen molar-refractivity contribution in [3.63, 3.8) is 0 Å². The molecule has 1 aromatic rings. The maximum absolute atomic E-state index is 10.4. The van der Waals surface area contributed by atoms with Crippen LogP contribution in [0.2, 0.25) is 0 Å². The average molecular weight is 312 g/mol. The van der Waals surface area contributed by atoms with Crippen LogP contribution in [0.4, 0.5) is 0 Å². The third-order valence-corrected chi connectivity index (χ3v) is 4.42.